The van der Waals surface area contributed by atoms with E-state index in [1.54, 1.807) is 12.3 Å². The average molecular weight is 281 g/mol. The Morgan fingerprint density at radius 1 is 1.29 bits per heavy atom. The molecular weight excluding hydrogens is 266 g/mol. The molecule has 1 aliphatic rings. The summed E-state index contributed by atoms with van der Waals surface area (Å²) in [6.07, 6.45) is 1.59. The second kappa shape index (κ2) is 4.91. The van der Waals surface area contributed by atoms with Gasteiger partial charge in [0.25, 0.3) is 0 Å². The van der Waals surface area contributed by atoms with Crippen LogP contribution in [0.4, 0.5) is 5.69 Å². The van der Waals surface area contributed by atoms with Crippen molar-refractivity contribution >= 4 is 5.69 Å². The second-order valence-electron chi connectivity index (χ2n) is 5.06. The molecule has 2 N–H and O–H groups in total. The van der Waals surface area contributed by atoms with Crippen molar-refractivity contribution in [3.8, 4) is 11.8 Å². The Labute approximate surface area is 122 Å². The number of anilines is 1. The third-order valence-electron chi connectivity index (χ3n) is 3.55. The van der Waals surface area contributed by atoms with Gasteiger partial charge in [0.15, 0.2) is 0 Å². The molecule has 0 radical (unpaired) electrons. The molecule has 0 spiro atoms. The molecule has 21 heavy (non-hydrogen) atoms. The highest BCUT2D eigenvalue weighted by atomic mass is 16.5. The molecule has 5 heteroatoms. The molecule has 5 nitrogen and oxygen atoms in total. The lowest BCUT2D eigenvalue weighted by Crippen LogP contribution is -2.21. The van der Waals surface area contributed by atoms with Crippen molar-refractivity contribution in [2.24, 2.45) is 5.73 Å². The van der Waals surface area contributed by atoms with Crippen LogP contribution in [0.15, 0.2) is 52.5 Å². The summed E-state index contributed by atoms with van der Waals surface area (Å²) in [5.41, 5.74) is 8.15. The first-order chi connectivity index (χ1) is 10.1. The van der Waals surface area contributed by atoms with Gasteiger partial charge in [0.1, 0.15) is 23.2 Å². The van der Waals surface area contributed by atoms with Gasteiger partial charge >= 0.3 is 0 Å². The number of allylic oxidation sites excluding steroid dienone is 1. The first-order valence-electron chi connectivity index (χ1n) is 6.54. The van der Waals surface area contributed by atoms with Crippen molar-refractivity contribution < 1.29 is 9.15 Å². The fourth-order valence-electron chi connectivity index (χ4n) is 2.47. The summed E-state index contributed by atoms with van der Waals surface area (Å²) in [6.45, 7) is 0. The number of benzene rings is 1. The van der Waals surface area contributed by atoms with E-state index in [0.29, 0.717) is 17.1 Å². The normalized spacial score (nSPS) is 16.9. The van der Waals surface area contributed by atoms with Gasteiger partial charge in [0, 0.05) is 31.4 Å². The number of nitriles is 1. The van der Waals surface area contributed by atoms with E-state index in [0.717, 1.165) is 11.3 Å². The Kier molecular flexibility index (Phi) is 3.07. The van der Waals surface area contributed by atoms with E-state index >= 15 is 0 Å². The second-order valence-corrected chi connectivity index (χ2v) is 5.06. The number of hydrogen-bond acceptors (Lipinski definition) is 5. The van der Waals surface area contributed by atoms with E-state index in [1.807, 2.05) is 43.3 Å². The number of nitrogens with zero attached hydrogens (tertiary/aromatic N) is 2. The maximum absolute atomic E-state index is 9.38. The SMILES string of the molecule is CN(C)c1ccc2c(c1)OC(N)=C(C#N)C2c1ccco1. The number of ether oxygens (including phenoxy) is 1. The lowest BCUT2D eigenvalue weighted by Gasteiger charge is -2.26. The molecular formula is C16H15N3O2. The molecule has 0 saturated heterocycles. The van der Waals surface area contributed by atoms with Crippen LogP contribution in [0.5, 0.6) is 5.75 Å². The summed E-state index contributed by atoms with van der Waals surface area (Å²) in [6, 6.07) is 11.6. The van der Waals surface area contributed by atoms with Crippen LogP contribution in [0.1, 0.15) is 17.2 Å². The predicted octanol–water partition coefficient (Wildman–Crippen LogP) is 2.56. The summed E-state index contributed by atoms with van der Waals surface area (Å²) < 4.78 is 11.1. The van der Waals surface area contributed by atoms with Crippen molar-refractivity contribution in [1.29, 1.82) is 5.26 Å². The first kappa shape index (κ1) is 13.1. The molecule has 1 atom stereocenters. The van der Waals surface area contributed by atoms with Crippen LogP contribution in [0, 0.1) is 11.3 Å². The molecule has 2 aromatic rings. The maximum Gasteiger partial charge on any atom is 0.205 e. The smallest absolute Gasteiger partial charge is 0.205 e. The predicted molar refractivity (Wildman–Crippen MR) is 78.8 cm³/mol. The van der Waals surface area contributed by atoms with Crippen LogP contribution >= 0.6 is 0 Å². The molecule has 3 rings (SSSR count). The van der Waals surface area contributed by atoms with E-state index < -0.39 is 0 Å². The van der Waals surface area contributed by atoms with Crippen molar-refractivity contribution in [2.75, 3.05) is 19.0 Å². The van der Waals surface area contributed by atoms with Gasteiger partial charge in [-0.15, -0.1) is 0 Å². The van der Waals surface area contributed by atoms with Gasteiger partial charge in [-0.3, -0.25) is 0 Å². The largest absolute Gasteiger partial charge is 0.468 e. The Morgan fingerprint density at radius 2 is 2.10 bits per heavy atom. The topological polar surface area (TPSA) is 75.4 Å². The highest BCUT2D eigenvalue weighted by Crippen LogP contribution is 2.43. The van der Waals surface area contributed by atoms with Crippen LogP contribution in [-0.2, 0) is 0 Å². The number of rotatable bonds is 2. The number of nitrogens with two attached hydrogens (primary N) is 1. The monoisotopic (exact) mass is 281 g/mol. The minimum absolute atomic E-state index is 0.127. The average Bonchev–Trinajstić information content (AvgIpc) is 2.98. The molecule has 1 aliphatic heterocycles. The van der Waals surface area contributed by atoms with Crippen LogP contribution in [0.25, 0.3) is 0 Å². The number of hydrogen-bond donors (Lipinski definition) is 1. The molecule has 1 aromatic carbocycles. The quantitative estimate of drug-likeness (QED) is 0.915. The Hall–Kier alpha value is -2.87. The molecule has 0 fully saturated rings. The zero-order valence-electron chi connectivity index (χ0n) is 11.8. The standard InChI is InChI=1S/C16H15N3O2/c1-19(2)10-5-6-11-14(8-10)21-16(18)12(9-17)15(11)13-4-3-7-20-13/h3-8,15H,18H2,1-2H3. The lowest BCUT2D eigenvalue weighted by molar-refractivity contribution is 0.384. The molecule has 2 heterocycles. The fraction of sp³-hybridized carbons (Fsp3) is 0.188. The van der Waals surface area contributed by atoms with Gasteiger partial charge in [-0.1, -0.05) is 6.07 Å². The maximum atomic E-state index is 9.38. The summed E-state index contributed by atoms with van der Waals surface area (Å²) >= 11 is 0. The van der Waals surface area contributed by atoms with E-state index in [9.17, 15) is 5.26 Å². The minimum Gasteiger partial charge on any atom is -0.468 e. The highest BCUT2D eigenvalue weighted by Gasteiger charge is 2.32. The first-order valence-corrected chi connectivity index (χ1v) is 6.54. The van der Waals surface area contributed by atoms with Crippen molar-refractivity contribution in [3.05, 3.63) is 59.4 Å². The Balaban J connectivity index is 2.17. The summed E-state index contributed by atoms with van der Waals surface area (Å²) in [4.78, 5) is 1.98. The molecule has 0 saturated carbocycles. The van der Waals surface area contributed by atoms with Gasteiger partial charge in [-0.05, 0) is 18.2 Å². The van der Waals surface area contributed by atoms with Crippen LogP contribution in [-0.4, -0.2) is 14.1 Å². The molecule has 0 amide bonds. The van der Waals surface area contributed by atoms with Gasteiger partial charge in [-0.25, -0.2) is 0 Å². The minimum atomic E-state index is -0.329. The van der Waals surface area contributed by atoms with Crippen molar-refractivity contribution in [3.63, 3.8) is 0 Å². The van der Waals surface area contributed by atoms with E-state index in [4.69, 9.17) is 14.9 Å². The molecule has 0 aliphatic carbocycles. The van der Waals surface area contributed by atoms with Crippen LogP contribution in [0.3, 0.4) is 0 Å². The van der Waals surface area contributed by atoms with E-state index in [1.165, 1.54) is 0 Å². The van der Waals surface area contributed by atoms with Crippen molar-refractivity contribution in [2.45, 2.75) is 5.92 Å². The van der Waals surface area contributed by atoms with Crippen molar-refractivity contribution in [1.82, 2.24) is 0 Å². The third kappa shape index (κ3) is 2.11. The zero-order chi connectivity index (χ0) is 15.0. The third-order valence-corrected chi connectivity index (χ3v) is 3.55. The number of fused-ring (bicyclic) bond motifs is 1. The summed E-state index contributed by atoms with van der Waals surface area (Å²) in [5, 5.41) is 9.38. The highest BCUT2D eigenvalue weighted by molar-refractivity contribution is 5.60. The van der Waals surface area contributed by atoms with Gasteiger partial charge in [0.05, 0.1) is 12.2 Å². The van der Waals surface area contributed by atoms with Gasteiger partial charge < -0.3 is 19.8 Å². The molecule has 1 aromatic heterocycles. The fourth-order valence-corrected chi connectivity index (χ4v) is 2.47. The molecule has 1 unspecified atom stereocenters. The summed E-state index contributed by atoms with van der Waals surface area (Å²) in [7, 11) is 3.91. The molecule has 106 valence electrons. The Morgan fingerprint density at radius 3 is 2.71 bits per heavy atom. The van der Waals surface area contributed by atoms with Gasteiger partial charge in [0.2, 0.25) is 5.88 Å². The Bertz CT molecular complexity index is 739. The van der Waals surface area contributed by atoms with Crippen LogP contribution in [0.2, 0.25) is 0 Å². The number of furan rings is 1. The lowest BCUT2D eigenvalue weighted by atomic mass is 9.87. The van der Waals surface area contributed by atoms with Gasteiger partial charge in [-0.2, -0.15) is 5.26 Å². The molecule has 0 bridgehead atoms. The summed E-state index contributed by atoms with van der Waals surface area (Å²) in [5.74, 6) is 1.13. The van der Waals surface area contributed by atoms with E-state index in [-0.39, 0.29) is 11.8 Å². The van der Waals surface area contributed by atoms with E-state index in [2.05, 4.69) is 6.07 Å². The van der Waals surface area contributed by atoms with Crippen LogP contribution < -0.4 is 15.4 Å². The zero-order valence-corrected chi connectivity index (χ0v) is 11.8.